The summed E-state index contributed by atoms with van der Waals surface area (Å²) in [5.41, 5.74) is 0. The number of nitrogens with one attached hydrogen (secondary N) is 1. The van der Waals surface area contributed by atoms with Crippen molar-refractivity contribution in [2.24, 2.45) is 0 Å². The van der Waals surface area contributed by atoms with Gasteiger partial charge >= 0.3 is 0 Å². The van der Waals surface area contributed by atoms with E-state index in [4.69, 9.17) is 9.84 Å². The number of methoxy groups -OCH3 is 1. The number of hydrogen-bond acceptors (Lipinski definition) is 5. The molecular formula is C10H17N3O4S. The van der Waals surface area contributed by atoms with Crippen molar-refractivity contribution in [3.05, 3.63) is 12.4 Å². The molecule has 0 saturated heterocycles. The number of aliphatic hydroxyl groups excluding tert-OH is 1. The predicted octanol–water partition coefficient (Wildman–Crippen LogP) is -0.669. The molecule has 2 N–H and O–H groups in total. The average Bonchev–Trinajstić information content (AvgIpc) is 2.72. The van der Waals surface area contributed by atoms with Crippen LogP contribution in [0.3, 0.4) is 0 Å². The fraction of sp³-hybridized carbons (Fsp3) is 0.700. The van der Waals surface area contributed by atoms with Gasteiger partial charge in [-0.15, -0.1) is 0 Å². The molecule has 1 aromatic rings. The molecule has 1 aromatic heterocycles. The third-order valence-electron chi connectivity index (χ3n) is 3.00. The summed E-state index contributed by atoms with van der Waals surface area (Å²) in [4.78, 5) is 0.122. The van der Waals surface area contributed by atoms with E-state index in [-0.39, 0.29) is 30.2 Å². The maximum absolute atomic E-state index is 12.0. The Morgan fingerprint density at radius 2 is 2.33 bits per heavy atom. The molecule has 8 heteroatoms. The van der Waals surface area contributed by atoms with Crippen LogP contribution in [0, 0.1) is 0 Å². The van der Waals surface area contributed by atoms with Crippen LogP contribution in [0.4, 0.5) is 0 Å². The van der Waals surface area contributed by atoms with E-state index in [1.807, 2.05) is 0 Å². The lowest BCUT2D eigenvalue weighted by atomic mass is 9.90. The van der Waals surface area contributed by atoms with Crippen LogP contribution in [0.1, 0.15) is 12.8 Å². The first kappa shape index (κ1) is 13.5. The lowest BCUT2D eigenvalue weighted by Crippen LogP contribution is -2.47. The van der Waals surface area contributed by atoms with E-state index in [1.165, 1.54) is 17.1 Å². The van der Waals surface area contributed by atoms with Crippen LogP contribution in [-0.2, 0) is 21.3 Å². The SMILES string of the molecule is COC1CC(NS(=O)(=O)c2cnn(CCO)c2)C1. The first-order chi connectivity index (χ1) is 8.55. The molecule has 1 aliphatic rings. The van der Waals surface area contributed by atoms with E-state index in [0.29, 0.717) is 12.8 Å². The number of aromatic nitrogens is 2. The van der Waals surface area contributed by atoms with Gasteiger partial charge in [-0.3, -0.25) is 4.68 Å². The lowest BCUT2D eigenvalue weighted by molar-refractivity contribution is 0.0236. The molecule has 0 spiro atoms. The standard InChI is InChI=1S/C10H17N3O4S/c1-17-9-4-8(5-9)12-18(15,16)10-6-11-13(7-10)2-3-14/h6-9,12,14H,2-5H2,1H3. The fourth-order valence-electron chi connectivity index (χ4n) is 1.85. The van der Waals surface area contributed by atoms with Gasteiger partial charge in [-0.25, -0.2) is 13.1 Å². The highest BCUT2D eigenvalue weighted by Gasteiger charge is 2.33. The smallest absolute Gasteiger partial charge is 0.243 e. The minimum Gasteiger partial charge on any atom is -0.394 e. The predicted molar refractivity (Wildman–Crippen MR) is 63.5 cm³/mol. The van der Waals surface area contributed by atoms with Crippen LogP contribution in [0.2, 0.25) is 0 Å². The summed E-state index contributed by atoms with van der Waals surface area (Å²) < 4.78 is 33.1. The second kappa shape index (κ2) is 5.35. The van der Waals surface area contributed by atoms with E-state index in [2.05, 4.69) is 9.82 Å². The number of sulfonamides is 1. The molecule has 1 aliphatic carbocycles. The summed E-state index contributed by atoms with van der Waals surface area (Å²) in [7, 11) is -1.90. The second-order valence-corrected chi connectivity index (χ2v) is 6.02. The minimum absolute atomic E-state index is 0.0684. The molecule has 0 aromatic carbocycles. The van der Waals surface area contributed by atoms with Crippen molar-refractivity contribution >= 4 is 10.0 Å². The lowest BCUT2D eigenvalue weighted by Gasteiger charge is -2.34. The van der Waals surface area contributed by atoms with E-state index in [1.54, 1.807) is 7.11 Å². The van der Waals surface area contributed by atoms with Gasteiger partial charge in [-0.2, -0.15) is 5.10 Å². The summed E-state index contributed by atoms with van der Waals surface area (Å²) in [6.45, 7) is 0.206. The molecule has 0 amide bonds. The molecule has 2 rings (SSSR count). The third-order valence-corrected chi connectivity index (χ3v) is 4.47. The number of ether oxygens (including phenoxy) is 1. The van der Waals surface area contributed by atoms with Gasteiger partial charge in [0, 0.05) is 19.3 Å². The average molecular weight is 275 g/mol. The van der Waals surface area contributed by atoms with Crippen LogP contribution in [0.25, 0.3) is 0 Å². The molecule has 7 nitrogen and oxygen atoms in total. The molecule has 18 heavy (non-hydrogen) atoms. The molecule has 1 fully saturated rings. The number of hydrogen-bond donors (Lipinski definition) is 2. The van der Waals surface area contributed by atoms with Gasteiger partial charge in [0.2, 0.25) is 10.0 Å². The van der Waals surface area contributed by atoms with Crippen molar-refractivity contribution in [3.63, 3.8) is 0 Å². The molecule has 0 bridgehead atoms. The summed E-state index contributed by atoms with van der Waals surface area (Å²) in [6.07, 6.45) is 4.23. The van der Waals surface area contributed by atoms with Crippen molar-refractivity contribution in [1.29, 1.82) is 0 Å². The van der Waals surface area contributed by atoms with Gasteiger partial charge in [0.05, 0.1) is 25.5 Å². The van der Waals surface area contributed by atoms with Gasteiger partial charge in [0.1, 0.15) is 4.90 Å². The largest absolute Gasteiger partial charge is 0.394 e. The van der Waals surface area contributed by atoms with Gasteiger partial charge in [0.15, 0.2) is 0 Å². The van der Waals surface area contributed by atoms with E-state index in [0.717, 1.165) is 0 Å². The summed E-state index contributed by atoms with van der Waals surface area (Å²) in [5.74, 6) is 0. The molecule has 1 saturated carbocycles. The molecule has 0 unspecified atom stereocenters. The zero-order chi connectivity index (χ0) is 13.2. The zero-order valence-corrected chi connectivity index (χ0v) is 10.9. The highest BCUT2D eigenvalue weighted by Crippen LogP contribution is 2.24. The van der Waals surface area contributed by atoms with Gasteiger partial charge in [0.25, 0.3) is 0 Å². The highest BCUT2D eigenvalue weighted by atomic mass is 32.2. The maximum atomic E-state index is 12.0. The maximum Gasteiger partial charge on any atom is 0.243 e. The van der Waals surface area contributed by atoms with Crippen molar-refractivity contribution in [2.45, 2.75) is 36.4 Å². The van der Waals surface area contributed by atoms with Crippen LogP contribution < -0.4 is 4.72 Å². The highest BCUT2D eigenvalue weighted by molar-refractivity contribution is 7.89. The van der Waals surface area contributed by atoms with Gasteiger partial charge < -0.3 is 9.84 Å². The van der Waals surface area contributed by atoms with Gasteiger partial charge in [-0.05, 0) is 12.8 Å². The van der Waals surface area contributed by atoms with Crippen LogP contribution >= 0.6 is 0 Å². The van der Waals surface area contributed by atoms with E-state index in [9.17, 15) is 8.42 Å². The third kappa shape index (κ3) is 2.89. The Morgan fingerprint density at radius 1 is 1.61 bits per heavy atom. The van der Waals surface area contributed by atoms with Crippen LogP contribution in [0.15, 0.2) is 17.3 Å². The first-order valence-electron chi connectivity index (χ1n) is 5.73. The van der Waals surface area contributed by atoms with Crippen molar-refractivity contribution in [2.75, 3.05) is 13.7 Å². The quantitative estimate of drug-likeness (QED) is 0.718. The summed E-state index contributed by atoms with van der Waals surface area (Å²) in [5, 5.41) is 12.6. The Balaban J connectivity index is 1.97. The Hall–Kier alpha value is -0.960. The van der Waals surface area contributed by atoms with E-state index >= 15 is 0 Å². The minimum atomic E-state index is -3.52. The molecule has 0 radical (unpaired) electrons. The van der Waals surface area contributed by atoms with E-state index < -0.39 is 10.0 Å². The molecular weight excluding hydrogens is 258 g/mol. The summed E-state index contributed by atoms with van der Waals surface area (Å²) >= 11 is 0. The number of rotatable bonds is 6. The number of nitrogens with zero attached hydrogens (tertiary/aromatic N) is 2. The Labute approximate surface area is 106 Å². The van der Waals surface area contributed by atoms with Gasteiger partial charge in [-0.1, -0.05) is 0 Å². The molecule has 0 atom stereocenters. The molecule has 102 valence electrons. The Kier molecular flexibility index (Phi) is 4.00. The molecule has 0 aliphatic heterocycles. The van der Waals surface area contributed by atoms with Crippen LogP contribution in [-0.4, -0.2) is 49.2 Å². The fourth-order valence-corrected chi connectivity index (χ4v) is 3.06. The normalized spacial score (nSPS) is 23.9. The molecule has 1 heterocycles. The second-order valence-electron chi connectivity index (χ2n) is 4.31. The van der Waals surface area contributed by atoms with Crippen molar-refractivity contribution in [1.82, 2.24) is 14.5 Å². The number of aliphatic hydroxyl groups is 1. The zero-order valence-electron chi connectivity index (χ0n) is 10.1. The first-order valence-corrected chi connectivity index (χ1v) is 7.22. The topological polar surface area (TPSA) is 93.5 Å². The Bertz CT molecular complexity index is 493. The Morgan fingerprint density at radius 3 is 2.94 bits per heavy atom. The monoisotopic (exact) mass is 275 g/mol. The van der Waals surface area contributed by atoms with Crippen molar-refractivity contribution in [3.8, 4) is 0 Å². The van der Waals surface area contributed by atoms with Crippen molar-refractivity contribution < 1.29 is 18.3 Å². The van der Waals surface area contributed by atoms with Crippen LogP contribution in [0.5, 0.6) is 0 Å². The summed E-state index contributed by atoms with van der Waals surface area (Å²) in [6, 6.07) is -0.0684.